The van der Waals surface area contributed by atoms with Gasteiger partial charge in [-0.05, 0) is 36.4 Å². The van der Waals surface area contributed by atoms with E-state index in [0.29, 0.717) is 5.69 Å². The van der Waals surface area contributed by atoms with Crippen molar-refractivity contribution < 1.29 is 12.8 Å². The maximum absolute atomic E-state index is 13.6. The molecule has 0 heterocycles. The van der Waals surface area contributed by atoms with Gasteiger partial charge < -0.3 is 5.73 Å². The summed E-state index contributed by atoms with van der Waals surface area (Å²) in [6.07, 6.45) is 0. The fourth-order valence-electron chi connectivity index (χ4n) is 1.62. The number of hydrogen-bond donors (Lipinski definition) is 1. The van der Waals surface area contributed by atoms with Gasteiger partial charge in [0.1, 0.15) is 5.82 Å². The first-order valence-electron chi connectivity index (χ1n) is 5.41. The lowest BCUT2D eigenvalue weighted by Crippen LogP contribution is -2.07. The van der Waals surface area contributed by atoms with E-state index in [9.17, 15) is 12.8 Å². The Morgan fingerprint density at radius 1 is 1.11 bits per heavy atom. The van der Waals surface area contributed by atoms with Crippen molar-refractivity contribution in [2.75, 3.05) is 5.73 Å². The fourth-order valence-corrected chi connectivity index (χ4v) is 3.32. The maximum Gasteiger partial charge on any atom is 0.182 e. The van der Waals surface area contributed by atoms with Crippen molar-refractivity contribution in [2.45, 2.75) is 10.6 Å². The van der Waals surface area contributed by atoms with E-state index in [2.05, 4.69) is 0 Å². The predicted molar refractivity (Wildman–Crippen MR) is 73.2 cm³/mol. The lowest BCUT2D eigenvalue weighted by atomic mass is 10.2. The highest BCUT2D eigenvalue weighted by molar-refractivity contribution is 7.90. The van der Waals surface area contributed by atoms with E-state index in [1.807, 2.05) is 0 Å². The zero-order valence-electron chi connectivity index (χ0n) is 9.81. The van der Waals surface area contributed by atoms with E-state index in [1.165, 1.54) is 42.5 Å². The van der Waals surface area contributed by atoms with Crippen molar-refractivity contribution in [1.29, 1.82) is 0 Å². The molecule has 0 aliphatic carbocycles. The summed E-state index contributed by atoms with van der Waals surface area (Å²) in [6.45, 7) is 0. The molecular weight excluding hydrogens is 289 g/mol. The minimum atomic E-state index is -3.66. The molecule has 19 heavy (non-hydrogen) atoms. The molecule has 0 saturated heterocycles. The molecule has 6 heteroatoms. The summed E-state index contributed by atoms with van der Waals surface area (Å²) in [6, 6.07) is 9.81. The predicted octanol–water partition coefficient (Wildman–Crippen LogP) is 3.04. The molecule has 0 spiro atoms. The highest BCUT2D eigenvalue weighted by Crippen LogP contribution is 2.24. The van der Waals surface area contributed by atoms with Crippen molar-refractivity contribution in [3.8, 4) is 0 Å². The summed E-state index contributed by atoms with van der Waals surface area (Å²) in [4.78, 5) is 0.0843. The smallest absolute Gasteiger partial charge is 0.182 e. The van der Waals surface area contributed by atoms with Crippen LogP contribution in [0.1, 0.15) is 5.56 Å². The standard InChI is InChI=1S/C13H11ClFNO2S/c14-12-2-1-3-13(15)11(12)8-19(17,18)10-6-4-9(16)5-7-10/h1-7H,8,16H2. The zero-order chi connectivity index (χ0) is 14.0. The molecule has 0 fully saturated rings. The minimum absolute atomic E-state index is 0.0269. The molecule has 2 aromatic carbocycles. The molecule has 0 aromatic heterocycles. The van der Waals surface area contributed by atoms with Gasteiger partial charge in [-0.15, -0.1) is 0 Å². The molecule has 2 rings (SSSR count). The molecule has 0 saturated carbocycles. The third-order valence-electron chi connectivity index (χ3n) is 2.64. The van der Waals surface area contributed by atoms with Crippen LogP contribution in [0.3, 0.4) is 0 Å². The van der Waals surface area contributed by atoms with Crippen LogP contribution in [0, 0.1) is 5.82 Å². The molecule has 2 aromatic rings. The van der Waals surface area contributed by atoms with Gasteiger partial charge in [-0.1, -0.05) is 17.7 Å². The molecule has 0 unspecified atom stereocenters. The number of benzene rings is 2. The third kappa shape index (κ3) is 3.05. The van der Waals surface area contributed by atoms with Crippen LogP contribution >= 0.6 is 11.6 Å². The molecule has 3 nitrogen and oxygen atoms in total. The Morgan fingerprint density at radius 3 is 2.32 bits per heavy atom. The van der Waals surface area contributed by atoms with E-state index in [1.54, 1.807) is 0 Å². The van der Waals surface area contributed by atoms with E-state index >= 15 is 0 Å². The summed E-state index contributed by atoms with van der Waals surface area (Å²) >= 11 is 5.82. The molecule has 0 aliphatic rings. The number of halogens is 2. The monoisotopic (exact) mass is 299 g/mol. The van der Waals surface area contributed by atoms with Crippen molar-refractivity contribution in [3.63, 3.8) is 0 Å². The summed E-state index contributed by atoms with van der Waals surface area (Å²) < 4.78 is 37.9. The molecular formula is C13H11ClFNO2S. The largest absolute Gasteiger partial charge is 0.399 e. The third-order valence-corrected chi connectivity index (χ3v) is 4.65. The van der Waals surface area contributed by atoms with Crippen LogP contribution in [-0.2, 0) is 15.6 Å². The SMILES string of the molecule is Nc1ccc(S(=O)(=O)Cc2c(F)cccc2Cl)cc1. The van der Waals surface area contributed by atoms with E-state index in [4.69, 9.17) is 17.3 Å². The zero-order valence-corrected chi connectivity index (χ0v) is 11.4. The lowest BCUT2D eigenvalue weighted by molar-refractivity contribution is 0.587. The van der Waals surface area contributed by atoms with Gasteiger partial charge in [-0.3, -0.25) is 0 Å². The van der Waals surface area contributed by atoms with Crippen molar-refractivity contribution in [3.05, 3.63) is 58.9 Å². The second kappa shape index (κ2) is 5.19. The number of rotatable bonds is 3. The Kier molecular flexibility index (Phi) is 3.78. The van der Waals surface area contributed by atoms with Gasteiger partial charge in [0.25, 0.3) is 0 Å². The Morgan fingerprint density at radius 2 is 1.74 bits per heavy atom. The maximum atomic E-state index is 13.6. The first-order valence-corrected chi connectivity index (χ1v) is 7.44. The molecule has 0 atom stereocenters. The van der Waals surface area contributed by atoms with E-state index in [-0.39, 0.29) is 15.5 Å². The van der Waals surface area contributed by atoms with Crippen LogP contribution in [0.5, 0.6) is 0 Å². The van der Waals surface area contributed by atoms with Gasteiger partial charge in [-0.25, -0.2) is 12.8 Å². The fraction of sp³-hybridized carbons (Fsp3) is 0.0769. The quantitative estimate of drug-likeness (QED) is 0.886. The molecule has 0 aliphatic heterocycles. The number of nitrogen functional groups attached to an aromatic ring is 1. The Balaban J connectivity index is 2.39. The highest BCUT2D eigenvalue weighted by atomic mass is 35.5. The van der Waals surface area contributed by atoms with Crippen molar-refractivity contribution in [1.82, 2.24) is 0 Å². The first-order chi connectivity index (χ1) is 8.90. The van der Waals surface area contributed by atoms with E-state index < -0.39 is 21.4 Å². The average Bonchev–Trinajstić information content (AvgIpc) is 2.35. The summed E-state index contributed by atoms with van der Waals surface area (Å²) in [5.74, 6) is -1.12. The van der Waals surface area contributed by atoms with Gasteiger partial charge in [0.2, 0.25) is 0 Å². The van der Waals surface area contributed by atoms with Crippen LogP contribution in [-0.4, -0.2) is 8.42 Å². The van der Waals surface area contributed by atoms with Crippen LogP contribution in [0.4, 0.5) is 10.1 Å². The van der Waals surface area contributed by atoms with Gasteiger partial charge in [-0.2, -0.15) is 0 Å². The molecule has 0 bridgehead atoms. The minimum Gasteiger partial charge on any atom is -0.399 e. The summed E-state index contributed by atoms with van der Waals surface area (Å²) in [5, 5.41) is 0.0963. The Labute approximate surface area is 115 Å². The summed E-state index contributed by atoms with van der Waals surface area (Å²) in [5.41, 5.74) is 5.93. The molecule has 0 radical (unpaired) electrons. The van der Waals surface area contributed by atoms with Gasteiger partial charge in [0, 0.05) is 16.3 Å². The average molecular weight is 300 g/mol. The first kappa shape index (κ1) is 13.8. The second-order valence-electron chi connectivity index (χ2n) is 4.03. The topological polar surface area (TPSA) is 60.2 Å². The molecule has 2 N–H and O–H groups in total. The van der Waals surface area contributed by atoms with Crippen LogP contribution in [0.25, 0.3) is 0 Å². The Bertz CT molecular complexity index is 679. The van der Waals surface area contributed by atoms with Crippen LogP contribution in [0.2, 0.25) is 5.02 Å². The van der Waals surface area contributed by atoms with E-state index in [0.717, 1.165) is 0 Å². The summed E-state index contributed by atoms with van der Waals surface area (Å²) in [7, 11) is -3.66. The van der Waals surface area contributed by atoms with Crippen LogP contribution < -0.4 is 5.73 Å². The van der Waals surface area contributed by atoms with Crippen molar-refractivity contribution in [2.24, 2.45) is 0 Å². The van der Waals surface area contributed by atoms with Crippen LogP contribution in [0.15, 0.2) is 47.4 Å². The Hall–Kier alpha value is -1.59. The number of hydrogen-bond acceptors (Lipinski definition) is 3. The number of nitrogens with two attached hydrogens (primary N) is 1. The molecule has 100 valence electrons. The highest BCUT2D eigenvalue weighted by Gasteiger charge is 2.19. The van der Waals surface area contributed by atoms with Gasteiger partial charge in [0.05, 0.1) is 10.6 Å². The van der Waals surface area contributed by atoms with Gasteiger partial charge in [0.15, 0.2) is 9.84 Å². The normalized spacial score (nSPS) is 11.5. The second-order valence-corrected chi connectivity index (χ2v) is 6.43. The molecule has 0 amide bonds. The lowest BCUT2D eigenvalue weighted by Gasteiger charge is -2.07. The van der Waals surface area contributed by atoms with Crippen molar-refractivity contribution >= 4 is 27.1 Å². The van der Waals surface area contributed by atoms with Gasteiger partial charge >= 0.3 is 0 Å². The number of anilines is 1. The number of sulfone groups is 1.